The van der Waals surface area contributed by atoms with E-state index in [9.17, 15) is 14.4 Å². The first kappa shape index (κ1) is 18.0. The third-order valence-corrected chi connectivity index (χ3v) is 6.38. The zero-order chi connectivity index (χ0) is 18.4. The molecule has 3 aliphatic rings. The Morgan fingerprint density at radius 3 is 2.56 bits per heavy atom. The van der Waals surface area contributed by atoms with E-state index in [1.54, 1.807) is 0 Å². The van der Waals surface area contributed by atoms with Crippen LogP contribution in [0.5, 0.6) is 0 Å². The van der Waals surface area contributed by atoms with Crippen molar-refractivity contribution in [3.8, 4) is 0 Å². The monoisotopic (exact) mass is 350 g/mol. The van der Waals surface area contributed by atoms with E-state index in [-0.39, 0.29) is 47.9 Å². The molecule has 2 aliphatic carbocycles. The lowest BCUT2D eigenvalue weighted by Gasteiger charge is -2.42. The van der Waals surface area contributed by atoms with Crippen molar-refractivity contribution in [2.45, 2.75) is 58.7 Å². The molecule has 138 valence electrons. The number of carbonyl (C=O) groups excluding carboxylic acids is 3. The van der Waals surface area contributed by atoms with Gasteiger partial charge in [0.15, 0.2) is 0 Å². The molecule has 0 radical (unpaired) electrons. The zero-order valence-corrected chi connectivity index (χ0v) is 15.1. The fourth-order valence-electron chi connectivity index (χ4n) is 5.23. The Labute approximate surface area is 147 Å². The van der Waals surface area contributed by atoms with Crippen LogP contribution in [0.15, 0.2) is 12.2 Å². The molecular weight excluding hydrogens is 324 g/mol. The Morgan fingerprint density at radius 1 is 1.20 bits per heavy atom. The molecule has 0 aromatic heterocycles. The van der Waals surface area contributed by atoms with Gasteiger partial charge in [0, 0.05) is 30.8 Å². The van der Waals surface area contributed by atoms with Gasteiger partial charge < -0.3 is 14.2 Å². The summed E-state index contributed by atoms with van der Waals surface area (Å²) in [5, 5.41) is 0. The predicted molar refractivity (Wildman–Crippen MR) is 88.3 cm³/mol. The predicted octanol–water partition coefficient (Wildman–Crippen LogP) is 2.41. The van der Waals surface area contributed by atoms with Gasteiger partial charge in [-0.15, -0.1) is 0 Å². The van der Waals surface area contributed by atoms with E-state index >= 15 is 0 Å². The second-order valence-electron chi connectivity index (χ2n) is 7.75. The average molecular weight is 350 g/mol. The van der Waals surface area contributed by atoms with Crippen molar-refractivity contribution < 1.29 is 28.6 Å². The minimum Gasteiger partial charge on any atom is -0.466 e. The first-order valence-electron chi connectivity index (χ1n) is 8.95. The van der Waals surface area contributed by atoms with Crippen molar-refractivity contribution in [1.82, 2.24) is 0 Å². The Morgan fingerprint density at radius 2 is 1.92 bits per heavy atom. The molecule has 0 bridgehead atoms. The largest absolute Gasteiger partial charge is 0.466 e. The molecule has 6 atom stereocenters. The summed E-state index contributed by atoms with van der Waals surface area (Å²) in [6.07, 6.45) is 2.53. The number of hydrogen-bond acceptors (Lipinski definition) is 6. The lowest BCUT2D eigenvalue weighted by atomic mass is 9.67. The van der Waals surface area contributed by atoms with Gasteiger partial charge in [-0.05, 0) is 37.5 Å². The van der Waals surface area contributed by atoms with Crippen LogP contribution >= 0.6 is 0 Å². The Bertz CT molecular complexity index is 611. The molecule has 0 N–H and O–H groups in total. The highest BCUT2D eigenvalue weighted by Crippen LogP contribution is 2.59. The van der Waals surface area contributed by atoms with Gasteiger partial charge in [0.25, 0.3) is 0 Å². The van der Waals surface area contributed by atoms with E-state index in [4.69, 9.17) is 14.2 Å². The second kappa shape index (κ2) is 6.46. The van der Waals surface area contributed by atoms with Crippen LogP contribution in [0.1, 0.15) is 46.5 Å². The van der Waals surface area contributed by atoms with Crippen molar-refractivity contribution in [2.75, 3.05) is 6.61 Å². The molecule has 6 heteroatoms. The van der Waals surface area contributed by atoms with Gasteiger partial charge in [-0.25, -0.2) is 4.79 Å². The number of hydrogen-bond donors (Lipinski definition) is 0. The highest BCUT2D eigenvalue weighted by Gasteiger charge is 2.63. The molecule has 0 aromatic carbocycles. The minimum atomic E-state index is -0.493. The summed E-state index contributed by atoms with van der Waals surface area (Å²) in [6.45, 7) is 9.13. The molecule has 1 heterocycles. The van der Waals surface area contributed by atoms with E-state index in [0.717, 1.165) is 25.7 Å². The molecule has 1 aliphatic heterocycles. The van der Waals surface area contributed by atoms with Crippen LogP contribution in [-0.4, -0.2) is 36.7 Å². The average Bonchev–Trinajstić information content (AvgIpc) is 2.95. The van der Waals surface area contributed by atoms with Crippen LogP contribution in [0.4, 0.5) is 0 Å². The van der Waals surface area contributed by atoms with Crippen molar-refractivity contribution >= 4 is 17.9 Å². The maximum absolute atomic E-state index is 12.1. The van der Waals surface area contributed by atoms with Crippen molar-refractivity contribution in [3.05, 3.63) is 12.2 Å². The van der Waals surface area contributed by atoms with Gasteiger partial charge in [0.1, 0.15) is 12.2 Å². The smallest absolute Gasteiger partial charge is 0.334 e. The third kappa shape index (κ3) is 2.96. The Hall–Kier alpha value is -1.85. The van der Waals surface area contributed by atoms with Gasteiger partial charge in [0.2, 0.25) is 0 Å². The molecule has 0 amide bonds. The SMILES string of the molecule is C=C1C(=O)OC2C1CCC(COC(C)=O)C1CCC(OC(C)=O)C12C. The lowest BCUT2D eigenvalue weighted by molar-refractivity contribution is -0.167. The van der Waals surface area contributed by atoms with Crippen LogP contribution in [-0.2, 0) is 28.6 Å². The normalized spacial score (nSPS) is 39.9. The molecule has 6 unspecified atom stereocenters. The Kier molecular flexibility index (Phi) is 4.64. The molecule has 3 rings (SSSR count). The summed E-state index contributed by atoms with van der Waals surface area (Å²) in [5.41, 5.74) is 0.0128. The summed E-state index contributed by atoms with van der Waals surface area (Å²) >= 11 is 0. The summed E-state index contributed by atoms with van der Waals surface area (Å²) in [7, 11) is 0. The maximum atomic E-state index is 12.1. The van der Waals surface area contributed by atoms with Crippen LogP contribution in [0, 0.1) is 23.2 Å². The molecule has 3 fully saturated rings. The van der Waals surface area contributed by atoms with Crippen molar-refractivity contribution in [2.24, 2.45) is 23.2 Å². The second-order valence-corrected chi connectivity index (χ2v) is 7.75. The van der Waals surface area contributed by atoms with E-state index in [0.29, 0.717) is 12.2 Å². The molecule has 6 nitrogen and oxygen atoms in total. The number of esters is 3. The van der Waals surface area contributed by atoms with Crippen LogP contribution in [0.3, 0.4) is 0 Å². The fourth-order valence-corrected chi connectivity index (χ4v) is 5.23. The fraction of sp³-hybridized carbons (Fsp3) is 0.737. The van der Waals surface area contributed by atoms with Crippen molar-refractivity contribution in [3.63, 3.8) is 0 Å². The van der Waals surface area contributed by atoms with E-state index in [2.05, 4.69) is 6.58 Å². The molecule has 0 spiro atoms. The third-order valence-electron chi connectivity index (χ3n) is 6.38. The number of ether oxygens (including phenoxy) is 3. The number of carbonyl (C=O) groups is 3. The van der Waals surface area contributed by atoms with Gasteiger partial charge in [-0.1, -0.05) is 13.5 Å². The quantitative estimate of drug-likeness (QED) is 0.442. The van der Waals surface area contributed by atoms with E-state index < -0.39 is 5.41 Å². The Balaban J connectivity index is 1.95. The molecular formula is C19H26O6. The van der Waals surface area contributed by atoms with E-state index in [1.165, 1.54) is 13.8 Å². The molecule has 0 aromatic rings. The zero-order valence-electron chi connectivity index (χ0n) is 15.1. The summed E-state index contributed by atoms with van der Waals surface area (Å²) < 4.78 is 16.6. The van der Waals surface area contributed by atoms with Crippen LogP contribution in [0.25, 0.3) is 0 Å². The minimum absolute atomic E-state index is 0.0708. The first-order valence-corrected chi connectivity index (χ1v) is 8.95. The topological polar surface area (TPSA) is 78.9 Å². The number of rotatable bonds is 3. The van der Waals surface area contributed by atoms with Gasteiger partial charge in [-0.2, -0.15) is 0 Å². The standard InChI is InChI=1S/C19H26O6/c1-10-14-6-5-13(9-23-11(2)20)15-7-8-16(24-12(3)21)19(15,4)17(14)25-18(10)22/h13-17H,1,5-9H2,2-4H3. The maximum Gasteiger partial charge on any atom is 0.334 e. The summed E-state index contributed by atoms with van der Waals surface area (Å²) in [6, 6.07) is 0. The first-order chi connectivity index (χ1) is 11.7. The summed E-state index contributed by atoms with van der Waals surface area (Å²) in [4.78, 5) is 35.0. The van der Waals surface area contributed by atoms with Gasteiger partial charge >= 0.3 is 17.9 Å². The van der Waals surface area contributed by atoms with Crippen LogP contribution < -0.4 is 0 Å². The van der Waals surface area contributed by atoms with Gasteiger partial charge in [-0.3, -0.25) is 9.59 Å². The molecule has 2 saturated carbocycles. The van der Waals surface area contributed by atoms with Crippen LogP contribution in [0.2, 0.25) is 0 Å². The summed E-state index contributed by atoms with van der Waals surface area (Å²) in [5.74, 6) is -0.722. The highest BCUT2D eigenvalue weighted by molar-refractivity contribution is 5.91. The van der Waals surface area contributed by atoms with Gasteiger partial charge in [0.05, 0.1) is 6.61 Å². The number of fused-ring (bicyclic) bond motifs is 3. The van der Waals surface area contributed by atoms with E-state index in [1.807, 2.05) is 6.92 Å². The van der Waals surface area contributed by atoms with Crippen molar-refractivity contribution in [1.29, 1.82) is 0 Å². The molecule has 1 saturated heterocycles. The highest BCUT2D eigenvalue weighted by atomic mass is 16.6. The lowest BCUT2D eigenvalue weighted by Crippen LogP contribution is -2.48. The molecule has 25 heavy (non-hydrogen) atoms.